The Morgan fingerprint density at radius 1 is 0.867 bits per heavy atom. The summed E-state index contributed by atoms with van der Waals surface area (Å²) in [5, 5.41) is 0. The van der Waals surface area contributed by atoms with Gasteiger partial charge in [0, 0.05) is 32.1 Å². The predicted molar refractivity (Wildman–Crippen MR) is 67.7 cm³/mol. The highest BCUT2D eigenvalue weighted by atomic mass is 35.5. The molecule has 0 aliphatic carbocycles. The van der Waals surface area contributed by atoms with Gasteiger partial charge in [0.2, 0.25) is 0 Å². The van der Waals surface area contributed by atoms with Crippen molar-refractivity contribution in [2.24, 2.45) is 0 Å². The summed E-state index contributed by atoms with van der Waals surface area (Å²) in [6.45, 7) is 9.75. The minimum absolute atomic E-state index is 0.802. The van der Waals surface area contributed by atoms with Crippen LogP contribution in [0.15, 0.2) is 0 Å². The lowest BCUT2D eigenvalue weighted by atomic mass is 10.2. The highest BCUT2D eigenvalue weighted by Crippen LogP contribution is 2.05. The zero-order valence-corrected chi connectivity index (χ0v) is 10.8. The molecular weight excluding hydrogens is 208 g/mol. The molecule has 1 saturated heterocycles. The predicted octanol–water partition coefficient (Wildman–Crippen LogP) is 2.42. The molecule has 0 amide bonds. The van der Waals surface area contributed by atoms with Gasteiger partial charge in [-0.05, 0) is 25.9 Å². The number of piperazine rings is 1. The van der Waals surface area contributed by atoms with E-state index in [0.717, 1.165) is 12.3 Å². The van der Waals surface area contributed by atoms with Crippen molar-refractivity contribution in [2.75, 3.05) is 45.1 Å². The molecule has 0 atom stereocenters. The van der Waals surface area contributed by atoms with E-state index in [0.29, 0.717) is 0 Å². The van der Waals surface area contributed by atoms with Gasteiger partial charge in [-0.15, -0.1) is 11.6 Å². The molecule has 0 aromatic carbocycles. The lowest BCUT2D eigenvalue weighted by Crippen LogP contribution is -2.46. The van der Waals surface area contributed by atoms with Crippen molar-refractivity contribution in [3.05, 3.63) is 0 Å². The van der Waals surface area contributed by atoms with Crippen LogP contribution < -0.4 is 0 Å². The van der Waals surface area contributed by atoms with Crippen LogP contribution in [0.25, 0.3) is 0 Å². The molecule has 15 heavy (non-hydrogen) atoms. The van der Waals surface area contributed by atoms with E-state index in [9.17, 15) is 0 Å². The van der Waals surface area contributed by atoms with Crippen molar-refractivity contribution in [2.45, 2.75) is 32.6 Å². The zero-order valence-electron chi connectivity index (χ0n) is 10.1. The average molecular weight is 233 g/mol. The number of hydrogen-bond acceptors (Lipinski definition) is 2. The minimum atomic E-state index is 0.802. The van der Waals surface area contributed by atoms with Crippen LogP contribution in [0.4, 0.5) is 0 Å². The molecule has 0 spiro atoms. The molecule has 0 N–H and O–H groups in total. The third kappa shape index (κ3) is 5.74. The Morgan fingerprint density at radius 3 is 1.87 bits per heavy atom. The Balaban J connectivity index is 2.02. The molecule has 0 saturated carbocycles. The first-order valence-electron chi connectivity index (χ1n) is 6.37. The Kier molecular flexibility index (Phi) is 7.41. The number of nitrogens with zero attached hydrogens (tertiary/aromatic N) is 2. The molecule has 0 radical (unpaired) electrons. The van der Waals surface area contributed by atoms with Crippen LogP contribution in [-0.4, -0.2) is 54.9 Å². The maximum atomic E-state index is 5.70. The van der Waals surface area contributed by atoms with Crippen LogP contribution in [-0.2, 0) is 0 Å². The summed E-state index contributed by atoms with van der Waals surface area (Å²) in [6.07, 6.45) is 5.22. The molecule has 0 aromatic rings. The van der Waals surface area contributed by atoms with Gasteiger partial charge in [0.1, 0.15) is 0 Å². The van der Waals surface area contributed by atoms with Crippen molar-refractivity contribution < 1.29 is 0 Å². The summed E-state index contributed by atoms with van der Waals surface area (Å²) in [7, 11) is 0. The Bertz CT molecular complexity index is 145. The minimum Gasteiger partial charge on any atom is -0.301 e. The molecule has 3 heteroatoms. The third-order valence-electron chi connectivity index (χ3n) is 3.15. The van der Waals surface area contributed by atoms with E-state index in [1.54, 1.807) is 0 Å². The zero-order chi connectivity index (χ0) is 10.9. The number of halogens is 1. The molecule has 0 unspecified atom stereocenters. The summed E-state index contributed by atoms with van der Waals surface area (Å²) >= 11 is 5.70. The fourth-order valence-electron chi connectivity index (χ4n) is 2.11. The summed E-state index contributed by atoms with van der Waals surface area (Å²) in [5.74, 6) is 0.802. The molecule has 1 heterocycles. The van der Waals surface area contributed by atoms with E-state index in [2.05, 4.69) is 16.7 Å². The van der Waals surface area contributed by atoms with Crippen molar-refractivity contribution in [3.8, 4) is 0 Å². The number of unbranched alkanes of at least 4 members (excludes halogenated alkanes) is 2. The van der Waals surface area contributed by atoms with Gasteiger partial charge < -0.3 is 9.80 Å². The van der Waals surface area contributed by atoms with Crippen LogP contribution in [0, 0.1) is 0 Å². The number of rotatable bonds is 7. The summed E-state index contributed by atoms with van der Waals surface area (Å²) in [5.41, 5.74) is 0. The first-order chi connectivity index (χ1) is 7.36. The van der Waals surface area contributed by atoms with Crippen LogP contribution in [0.1, 0.15) is 32.6 Å². The van der Waals surface area contributed by atoms with Crippen LogP contribution in [0.5, 0.6) is 0 Å². The Labute approximate surface area is 99.6 Å². The largest absolute Gasteiger partial charge is 0.301 e. The number of hydrogen-bond donors (Lipinski definition) is 0. The molecule has 1 aliphatic heterocycles. The second kappa shape index (κ2) is 8.37. The molecule has 1 aliphatic rings. The fourth-order valence-corrected chi connectivity index (χ4v) is 2.22. The molecule has 0 aromatic heterocycles. The lowest BCUT2D eigenvalue weighted by Gasteiger charge is -2.34. The van der Waals surface area contributed by atoms with Gasteiger partial charge in [0.25, 0.3) is 0 Å². The normalized spacial score (nSPS) is 19.6. The van der Waals surface area contributed by atoms with Gasteiger partial charge in [0.05, 0.1) is 0 Å². The quantitative estimate of drug-likeness (QED) is 0.492. The van der Waals surface area contributed by atoms with Crippen molar-refractivity contribution in [3.63, 3.8) is 0 Å². The van der Waals surface area contributed by atoms with E-state index in [1.165, 1.54) is 58.5 Å². The molecule has 2 nitrogen and oxygen atoms in total. The summed E-state index contributed by atoms with van der Waals surface area (Å²) in [6, 6.07) is 0. The molecule has 0 bridgehead atoms. The van der Waals surface area contributed by atoms with E-state index >= 15 is 0 Å². The van der Waals surface area contributed by atoms with Crippen LogP contribution >= 0.6 is 11.6 Å². The maximum absolute atomic E-state index is 5.70. The topological polar surface area (TPSA) is 6.48 Å². The van der Waals surface area contributed by atoms with E-state index in [-0.39, 0.29) is 0 Å². The SMILES string of the molecule is CCCCCN1CCN(CCCCl)CC1. The lowest BCUT2D eigenvalue weighted by molar-refractivity contribution is 0.131. The van der Waals surface area contributed by atoms with Crippen molar-refractivity contribution >= 4 is 11.6 Å². The van der Waals surface area contributed by atoms with Gasteiger partial charge in [-0.3, -0.25) is 0 Å². The van der Waals surface area contributed by atoms with Crippen LogP contribution in [0.2, 0.25) is 0 Å². The standard InChI is InChI=1S/C12H25ClN2/c1-2-3-4-7-14-9-11-15(12-10-14)8-5-6-13/h2-12H2,1H3. The van der Waals surface area contributed by atoms with Crippen molar-refractivity contribution in [1.29, 1.82) is 0 Å². The highest BCUT2D eigenvalue weighted by molar-refractivity contribution is 6.17. The fraction of sp³-hybridized carbons (Fsp3) is 1.00. The third-order valence-corrected chi connectivity index (χ3v) is 3.42. The smallest absolute Gasteiger partial charge is 0.0235 e. The number of alkyl halides is 1. The second-order valence-electron chi connectivity index (χ2n) is 4.43. The highest BCUT2D eigenvalue weighted by Gasteiger charge is 2.15. The molecule has 1 fully saturated rings. The summed E-state index contributed by atoms with van der Waals surface area (Å²) in [4.78, 5) is 5.14. The molecule has 90 valence electrons. The van der Waals surface area contributed by atoms with Gasteiger partial charge in [-0.25, -0.2) is 0 Å². The van der Waals surface area contributed by atoms with Gasteiger partial charge in [-0.1, -0.05) is 19.8 Å². The van der Waals surface area contributed by atoms with E-state index < -0.39 is 0 Å². The first kappa shape index (κ1) is 13.3. The molecule has 1 rings (SSSR count). The Morgan fingerprint density at radius 2 is 1.40 bits per heavy atom. The Hall–Kier alpha value is 0.210. The molecular formula is C12H25ClN2. The average Bonchev–Trinajstić information content (AvgIpc) is 2.28. The van der Waals surface area contributed by atoms with Crippen LogP contribution in [0.3, 0.4) is 0 Å². The summed E-state index contributed by atoms with van der Waals surface area (Å²) < 4.78 is 0. The second-order valence-corrected chi connectivity index (χ2v) is 4.81. The van der Waals surface area contributed by atoms with Gasteiger partial charge in [0.15, 0.2) is 0 Å². The first-order valence-corrected chi connectivity index (χ1v) is 6.91. The van der Waals surface area contributed by atoms with E-state index in [1.807, 2.05) is 0 Å². The maximum Gasteiger partial charge on any atom is 0.0235 e. The van der Waals surface area contributed by atoms with Gasteiger partial charge in [-0.2, -0.15) is 0 Å². The monoisotopic (exact) mass is 232 g/mol. The van der Waals surface area contributed by atoms with Crippen molar-refractivity contribution in [1.82, 2.24) is 9.80 Å². The van der Waals surface area contributed by atoms with Gasteiger partial charge >= 0.3 is 0 Å². The van der Waals surface area contributed by atoms with E-state index in [4.69, 9.17) is 11.6 Å².